The molecule has 1 N–H and O–H groups in total. The number of sulfonamides is 1. The monoisotopic (exact) mass is 400 g/mol. The molecule has 3 rings (SSSR count). The third-order valence-corrected chi connectivity index (χ3v) is 7.26. The molecule has 0 saturated carbocycles. The van der Waals surface area contributed by atoms with Crippen molar-refractivity contribution in [2.45, 2.75) is 50.5 Å². The van der Waals surface area contributed by atoms with E-state index in [0.717, 1.165) is 28.3 Å². The highest BCUT2D eigenvalue weighted by Gasteiger charge is 2.21. The third-order valence-electron chi connectivity index (χ3n) is 5.45. The van der Waals surface area contributed by atoms with Gasteiger partial charge >= 0.3 is 0 Å². The summed E-state index contributed by atoms with van der Waals surface area (Å²) >= 11 is 0. The molecule has 0 fully saturated rings. The molecule has 0 aromatic heterocycles. The first-order valence-corrected chi connectivity index (χ1v) is 11.1. The zero-order valence-corrected chi connectivity index (χ0v) is 17.8. The summed E-state index contributed by atoms with van der Waals surface area (Å²) in [7, 11) is -0.629. The summed E-state index contributed by atoms with van der Waals surface area (Å²) in [4.78, 5) is 13.0. The van der Waals surface area contributed by atoms with Crippen molar-refractivity contribution in [3.63, 3.8) is 0 Å². The van der Waals surface area contributed by atoms with Crippen LogP contribution in [0.4, 0.5) is 0 Å². The normalized spacial score (nSPS) is 15.2. The zero-order valence-electron chi connectivity index (χ0n) is 17.0. The first-order chi connectivity index (χ1) is 13.2. The lowest BCUT2D eigenvalue weighted by atomic mass is 9.89. The first kappa shape index (κ1) is 20.6. The maximum atomic E-state index is 12.9. The van der Waals surface area contributed by atoms with Crippen LogP contribution in [-0.4, -0.2) is 32.7 Å². The Bertz CT molecular complexity index is 997. The van der Waals surface area contributed by atoms with Crippen molar-refractivity contribution in [1.82, 2.24) is 9.62 Å². The quantitative estimate of drug-likeness (QED) is 0.834. The fourth-order valence-electron chi connectivity index (χ4n) is 3.60. The highest BCUT2D eigenvalue weighted by Crippen LogP contribution is 2.25. The van der Waals surface area contributed by atoms with Crippen LogP contribution in [0, 0.1) is 6.92 Å². The van der Waals surface area contributed by atoms with Gasteiger partial charge in [-0.15, -0.1) is 0 Å². The lowest BCUT2D eigenvalue weighted by Gasteiger charge is -2.20. The van der Waals surface area contributed by atoms with Gasteiger partial charge in [-0.2, -0.15) is 0 Å². The van der Waals surface area contributed by atoms with Crippen LogP contribution >= 0.6 is 0 Å². The van der Waals surface area contributed by atoms with Crippen molar-refractivity contribution < 1.29 is 13.2 Å². The van der Waals surface area contributed by atoms with Gasteiger partial charge in [-0.05, 0) is 73.9 Å². The fraction of sp³-hybridized carbons (Fsp3) is 0.409. The SMILES string of the molecule is Cc1ccc(S(=O)(=O)N(C)C)cc1C(=O)N[C@H](C)c1ccc2c(c1)CCCC2. The van der Waals surface area contributed by atoms with Gasteiger partial charge in [0.25, 0.3) is 5.91 Å². The third kappa shape index (κ3) is 4.13. The standard InChI is InChI=1S/C22H28N2O3S/c1-15-9-12-20(28(26,27)24(3)4)14-21(15)22(25)23-16(2)18-11-10-17-7-5-6-8-19(17)13-18/h9-14,16H,5-8H2,1-4H3,(H,23,25)/t16-/m1/s1. The lowest BCUT2D eigenvalue weighted by Crippen LogP contribution is -2.28. The smallest absolute Gasteiger partial charge is 0.252 e. The summed E-state index contributed by atoms with van der Waals surface area (Å²) in [6.07, 6.45) is 4.67. The number of carbonyl (C=O) groups is 1. The fourth-order valence-corrected chi connectivity index (χ4v) is 4.53. The Morgan fingerprint density at radius 1 is 1.04 bits per heavy atom. The highest BCUT2D eigenvalue weighted by molar-refractivity contribution is 7.89. The van der Waals surface area contributed by atoms with Crippen LogP contribution in [0.3, 0.4) is 0 Å². The van der Waals surface area contributed by atoms with E-state index in [4.69, 9.17) is 0 Å². The molecule has 0 bridgehead atoms. The number of amides is 1. The second-order valence-corrected chi connectivity index (χ2v) is 9.85. The van der Waals surface area contributed by atoms with E-state index in [1.165, 1.54) is 50.2 Å². The molecule has 1 amide bonds. The molecular weight excluding hydrogens is 372 g/mol. The van der Waals surface area contributed by atoms with Gasteiger partial charge in [-0.25, -0.2) is 12.7 Å². The van der Waals surface area contributed by atoms with E-state index >= 15 is 0 Å². The van der Waals surface area contributed by atoms with Gasteiger partial charge in [0.05, 0.1) is 10.9 Å². The predicted molar refractivity (Wildman–Crippen MR) is 111 cm³/mol. The van der Waals surface area contributed by atoms with Crippen molar-refractivity contribution in [2.75, 3.05) is 14.1 Å². The molecule has 1 aliphatic carbocycles. The van der Waals surface area contributed by atoms with Crippen LogP contribution in [0.2, 0.25) is 0 Å². The summed E-state index contributed by atoms with van der Waals surface area (Å²) in [6.45, 7) is 3.77. The van der Waals surface area contributed by atoms with Crippen molar-refractivity contribution in [2.24, 2.45) is 0 Å². The van der Waals surface area contributed by atoms with Gasteiger partial charge in [0, 0.05) is 19.7 Å². The molecule has 0 radical (unpaired) electrons. The molecule has 0 spiro atoms. The van der Waals surface area contributed by atoms with Crippen molar-refractivity contribution in [3.05, 3.63) is 64.2 Å². The van der Waals surface area contributed by atoms with Gasteiger partial charge in [-0.1, -0.05) is 24.3 Å². The van der Waals surface area contributed by atoms with Crippen LogP contribution in [0.15, 0.2) is 41.3 Å². The van der Waals surface area contributed by atoms with Crippen molar-refractivity contribution in [1.29, 1.82) is 0 Å². The molecule has 5 nitrogen and oxygen atoms in total. The molecule has 2 aromatic rings. The Balaban J connectivity index is 1.83. The highest BCUT2D eigenvalue weighted by atomic mass is 32.2. The Morgan fingerprint density at radius 3 is 2.39 bits per heavy atom. The molecular formula is C22H28N2O3S. The van der Waals surface area contributed by atoms with Crippen molar-refractivity contribution >= 4 is 15.9 Å². The topological polar surface area (TPSA) is 66.5 Å². The largest absolute Gasteiger partial charge is 0.346 e. The van der Waals surface area contributed by atoms with Gasteiger partial charge in [-0.3, -0.25) is 4.79 Å². The number of benzene rings is 2. The van der Waals surface area contributed by atoms with Crippen LogP contribution in [0.5, 0.6) is 0 Å². The Hall–Kier alpha value is -2.18. The number of hydrogen-bond donors (Lipinski definition) is 1. The summed E-state index contributed by atoms with van der Waals surface area (Å²) in [5, 5.41) is 3.02. The lowest BCUT2D eigenvalue weighted by molar-refractivity contribution is 0.0939. The van der Waals surface area contributed by atoms with E-state index < -0.39 is 10.0 Å². The first-order valence-electron chi connectivity index (χ1n) is 9.66. The molecule has 0 heterocycles. The molecule has 2 aromatic carbocycles. The van der Waals surface area contributed by atoms with Crippen LogP contribution in [-0.2, 0) is 22.9 Å². The van der Waals surface area contributed by atoms with Gasteiger partial charge in [0.15, 0.2) is 0 Å². The van der Waals surface area contributed by atoms with E-state index in [9.17, 15) is 13.2 Å². The van der Waals surface area contributed by atoms with E-state index in [1.54, 1.807) is 6.07 Å². The maximum Gasteiger partial charge on any atom is 0.252 e. The number of nitrogens with zero attached hydrogens (tertiary/aromatic N) is 1. The average Bonchev–Trinajstić information content (AvgIpc) is 2.67. The summed E-state index contributed by atoms with van der Waals surface area (Å²) < 4.78 is 25.9. The average molecular weight is 401 g/mol. The second kappa shape index (κ2) is 8.05. The summed E-state index contributed by atoms with van der Waals surface area (Å²) in [5.74, 6) is -0.265. The van der Waals surface area contributed by atoms with E-state index in [-0.39, 0.29) is 16.8 Å². The zero-order chi connectivity index (χ0) is 20.5. The van der Waals surface area contributed by atoms with Gasteiger partial charge in [0.1, 0.15) is 0 Å². The molecule has 0 saturated heterocycles. The van der Waals surface area contributed by atoms with E-state index in [0.29, 0.717) is 5.56 Å². The number of carbonyl (C=O) groups excluding carboxylic acids is 1. The number of fused-ring (bicyclic) bond motifs is 1. The molecule has 0 aliphatic heterocycles. The van der Waals surface area contributed by atoms with Crippen LogP contribution in [0.1, 0.15) is 58.4 Å². The van der Waals surface area contributed by atoms with Gasteiger partial charge in [0.2, 0.25) is 10.0 Å². The van der Waals surface area contributed by atoms with E-state index in [1.807, 2.05) is 13.8 Å². The Kier molecular flexibility index (Phi) is 5.91. The number of hydrogen-bond acceptors (Lipinski definition) is 3. The minimum absolute atomic E-state index is 0.120. The number of nitrogens with one attached hydrogen (secondary N) is 1. The molecule has 28 heavy (non-hydrogen) atoms. The van der Waals surface area contributed by atoms with Crippen molar-refractivity contribution in [3.8, 4) is 0 Å². The Labute approximate surface area is 167 Å². The molecule has 1 atom stereocenters. The molecule has 0 unspecified atom stereocenters. The minimum Gasteiger partial charge on any atom is -0.346 e. The second-order valence-electron chi connectivity index (χ2n) is 7.69. The van der Waals surface area contributed by atoms with Gasteiger partial charge < -0.3 is 5.32 Å². The molecule has 6 heteroatoms. The van der Waals surface area contributed by atoms with Crippen LogP contribution < -0.4 is 5.32 Å². The number of rotatable bonds is 5. The minimum atomic E-state index is -3.59. The van der Waals surface area contributed by atoms with E-state index in [2.05, 4.69) is 23.5 Å². The Morgan fingerprint density at radius 2 is 1.71 bits per heavy atom. The summed E-state index contributed by atoms with van der Waals surface area (Å²) in [5.41, 5.74) is 4.98. The van der Waals surface area contributed by atoms with Crippen LogP contribution in [0.25, 0.3) is 0 Å². The number of aryl methyl sites for hydroxylation is 3. The molecule has 1 aliphatic rings. The summed E-state index contributed by atoms with van der Waals surface area (Å²) in [6, 6.07) is 11.0. The molecule has 150 valence electrons. The predicted octanol–water partition coefficient (Wildman–Crippen LogP) is 3.62. The maximum absolute atomic E-state index is 12.9.